The fraction of sp³-hybridized carbons (Fsp3) is 0.214. The number of nitrogens with one attached hydrogen (secondary N) is 1. The lowest BCUT2D eigenvalue weighted by atomic mass is 10.1. The molecule has 2 N–H and O–H groups in total. The monoisotopic (exact) mass is 325 g/mol. The molecule has 7 heteroatoms. The second-order valence-corrected chi connectivity index (χ2v) is 7.35. The van der Waals surface area contributed by atoms with Crippen LogP contribution in [0.3, 0.4) is 0 Å². The normalized spacial score (nSPS) is 13.0. The van der Waals surface area contributed by atoms with Gasteiger partial charge in [-0.2, -0.15) is 0 Å². The van der Waals surface area contributed by atoms with Crippen LogP contribution in [-0.2, 0) is 15.8 Å². The zero-order chi connectivity index (χ0) is 15.5. The minimum absolute atomic E-state index is 0.0778. The molecule has 0 aliphatic rings. The number of thiophene rings is 1. The van der Waals surface area contributed by atoms with Gasteiger partial charge < -0.3 is 5.11 Å². The first-order chi connectivity index (χ1) is 9.87. The molecule has 0 saturated carbocycles. The van der Waals surface area contributed by atoms with E-state index in [1.807, 2.05) is 17.5 Å². The molecule has 1 atom stereocenters. The Morgan fingerprint density at radius 1 is 1.33 bits per heavy atom. The van der Waals surface area contributed by atoms with Crippen LogP contribution in [0.1, 0.15) is 33.8 Å². The molecule has 0 unspecified atom stereocenters. The molecule has 0 amide bonds. The van der Waals surface area contributed by atoms with Crippen molar-refractivity contribution in [2.75, 3.05) is 0 Å². The molecule has 21 heavy (non-hydrogen) atoms. The number of rotatable bonds is 6. The van der Waals surface area contributed by atoms with Crippen LogP contribution < -0.4 is 4.72 Å². The molecule has 1 aromatic heterocycles. The standard InChI is InChI=1S/C14H15NO4S2/c1-10(13-6-3-7-20-13)15-21(18,19)9-11-4-2-5-12(8-11)14(16)17/h2-8,10,15H,9H2,1H3,(H,16,17)/t10-/m1/s1. The van der Waals surface area contributed by atoms with Crippen molar-refractivity contribution >= 4 is 27.3 Å². The van der Waals surface area contributed by atoms with Gasteiger partial charge >= 0.3 is 5.97 Å². The molecule has 2 aromatic rings. The molecule has 0 saturated heterocycles. The maximum Gasteiger partial charge on any atom is 0.335 e. The van der Waals surface area contributed by atoms with Crippen molar-refractivity contribution < 1.29 is 18.3 Å². The van der Waals surface area contributed by atoms with Gasteiger partial charge in [-0.1, -0.05) is 18.2 Å². The SMILES string of the molecule is C[C@@H](NS(=O)(=O)Cc1cccc(C(=O)O)c1)c1cccs1. The van der Waals surface area contributed by atoms with Gasteiger partial charge in [-0.25, -0.2) is 17.9 Å². The molecule has 2 rings (SSSR count). The Hall–Kier alpha value is -1.70. The predicted molar refractivity (Wildman–Crippen MR) is 81.9 cm³/mol. The number of aromatic carboxylic acids is 1. The highest BCUT2D eigenvalue weighted by Crippen LogP contribution is 2.20. The van der Waals surface area contributed by atoms with E-state index in [1.54, 1.807) is 13.0 Å². The Morgan fingerprint density at radius 3 is 2.71 bits per heavy atom. The first kappa shape index (κ1) is 15.7. The Bertz CT molecular complexity index is 723. The quantitative estimate of drug-likeness (QED) is 0.855. The lowest BCUT2D eigenvalue weighted by Crippen LogP contribution is -2.27. The summed E-state index contributed by atoms with van der Waals surface area (Å²) in [5, 5.41) is 10.8. The summed E-state index contributed by atoms with van der Waals surface area (Å²) in [6.07, 6.45) is 0. The van der Waals surface area contributed by atoms with E-state index in [-0.39, 0.29) is 17.4 Å². The predicted octanol–water partition coefficient (Wildman–Crippen LogP) is 2.63. The largest absolute Gasteiger partial charge is 0.478 e. The van der Waals surface area contributed by atoms with E-state index in [2.05, 4.69) is 4.72 Å². The van der Waals surface area contributed by atoms with Gasteiger partial charge in [0.15, 0.2) is 0 Å². The maximum absolute atomic E-state index is 12.1. The van der Waals surface area contributed by atoms with Crippen LogP contribution in [0.5, 0.6) is 0 Å². The summed E-state index contributed by atoms with van der Waals surface area (Å²) in [7, 11) is -3.54. The van der Waals surface area contributed by atoms with Gasteiger partial charge in [0.1, 0.15) is 0 Å². The fourth-order valence-electron chi connectivity index (χ4n) is 1.92. The Balaban J connectivity index is 2.10. The van der Waals surface area contributed by atoms with Crippen LogP contribution in [0, 0.1) is 0 Å². The molecule has 112 valence electrons. The molecule has 0 fully saturated rings. The molecule has 0 aliphatic carbocycles. The Morgan fingerprint density at radius 2 is 2.10 bits per heavy atom. The molecular formula is C14H15NO4S2. The summed E-state index contributed by atoms with van der Waals surface area (Å²) in [6, 6.07) is 9.36. The van der Waals surface area contributed by atoms with Gasteiger partial charge in [-0.3, -0.25) is 0 Å². The average Bonchev–Trinajstić information content (AvgIpc) is 2.91. The maximum atomic E-state index is 12.1. The summed E-state index contributed by atoms with van der Waals surface area (Å²) >= 11 is 1.48. The molecular weight excluding hydrogens is 310 g/mol. The molecule has 1 aromatic carbocycles. The number of sulfonamides is 1. The fourth-order valence-corrected chi connectivity index (χ4v) is 4.10. The molecule has 0 spiro atoms. The van der Waals surface area contributed by atoms with Crippen LogP contribution in [0.15, 0.2) is 41.8 Å². The lowest BCUT2D eigenvalue weighted by Gasteiger charge is -2.13. The summed E-state index contributed by atoms with van der Waals surface area (Å²) in [6.45, 7) is 1.77. The summed E-state index contributed by atoms with van der Waals surface area (Å²) in [5.74, 6) is -1.32. The number of carbonyl (C=O) groups is 1. The van der Waals surface area contributed by atoms with Crippen molar-refractivity contribution in [1.82, 2.24) is 4.72 Å². The van der Waals surface area contributed by atoms with Crippen molar-refractivity contribution in [3.8, 4) is 0 Å². The van der Waals surface area contributed by atoms with Gasteiger partial charge in [-0.15, -0.1) is 11.3 Å². The zero-order valence-electron chi connectivity index (χ0n) is 11.3. The second kappa shape index (κ2) is 6.38. The Kier molecular flexibility index (Phi) is 4.76. The smallest absolute Gasteiger partial charge is 0.335 e. The number of benzene rings is 1. The van der Waals surface area contributed by atoms with Crippen LogP contribution in [0.25, 0.3) is 0 Å². The third-order valence-corrected chi connectivity index (χ3v) is 5.34. The van der Waals surface area contributed by atoms with E-state index in [0.29, 0.717) is 5.56 Å². The second-order valence-electron chi connectivity index (χ2n) is 4.62. The Labute approximate surface area is 127 Å². The molecule has 0 radical (unpaired) electrons. The van der Waals surface area contributed by atoms with Gasteiger partial charge in [-0.05, 0) is 36.1 Å². The van der Waals surface area contributed by atoms with Crippen molar-refractivity contribution in [3.05, 3.63) is 57.8 Å². The highest BCUT2D eigenvalue weighted by molar-refractivity contribution is 7.88. The topological polar surface area (TPSA) is 83.5 Å². The highest BCUT2D eigenvalue weighted by atomic mass is 32.2. The third-order valence-electron chi connectivity index (χ3n) is 2.86. The van der Waals surface area contributed by atoms with E-state index in [1.165, 1.54) is 29.5 Å². The average molecular weight is 325 g/mol. The van der Waals surface area contributed by atoms with E-state index in [9.17, 15) is 13.2 Å². The van der Waals surface area contributed by atoms with Crippen molar-refractivity contribution in [1.29, 1.82) is 0 Å². The summed E-state index contributed by atoms with van der Waals surface area (Å²) in [4.78, 5) is 11.8. The zero-order valence-corrected chi connectivity index (χ0v) is 12.9. The van der Waals surface area contributed by atoms with Crippen molar-refractivity contribution in [2.24, 2.45) is 0 Å². The summed E-state index contributed by atoms with van der Waals surface area (Å²) < 4.78 is 26.9. The number of carboxylic acid groups (broad SMARTS) is 1. The number of hydrogen-bond donors (Lipinski definition) is 2. The van der Waals surface area contributed by atoms with Gasteiger partial charge in [0.05, 0.1) is 17.4 Å². The van der Waals surface area contributed by atoms with E-state index in [4.69, 9.17) is 5.11 Å². The third kappa shape index (κ3) is 4.38. The molecule has 5 nitrogen and oxygen atoms in total. The van der Waals surface area contributed by atoms with E-state index < -0.39 is 16.0 Å². The highest BCUT2D eigenvalue weighted by Gasteiger charge is 2.17. The van der Waals surface area contributed by atoms with Crippen molar-refractivity contribution in [3.63, 3.8) is 0 Å². The first-order valence-electron chi connectivity index (χ1n) is 6.23. The van der Waals surface area contributed by atoms with Gasteiger partial charge in [0, 0.05) is 4.88 Å². The van der Waals surface area contributed by atoms with Crippen molar-refractivity contribution in [2.45, 2.75) is 18.7 Å². The molecule has 1 heterocycles. The van der Waals surface area contributed by atoms with Gasteiger partial charge in [0.25, 0.3) is 0 Å². The minimum atomic E-state index is -3.54. The van der Waals surface area contributed by atoms with Crippen LogP contribution in [0.2, 0.25) is 0 Å². The lowest BCUT2D eigenvalue weighted by molar-refractivity contribution is 0.0696. The first-order valence-corrected chi connectivity index (χ1v) is 8.76. The van der Waals surface area contributed by atoms with Crippen LogP contribution >= 0.6 is 11.3 Å². The summed E-state index contributed by atoms with van der Waals surface area (Å²) in [5.41, 5.74) is 0.523. The van der Waals surface area contributed by atoms with E-state index in [0.717, 1.165) is 4.88 Å². The minimum Gasteiger partial charge on any atom is -0.478 e. The number of carboxylic acids is 1. The van der Waals surface area contributed by atoms with Crippen LogP contribution in [0.4, 0.5) is 0 Å². The van der Waals surface area contributed by atoms with Crippen LogP contribution in [-0.4, -0.2) is 19.5 Å². The molecule has 0 aliphatic heterocycles. The number of hydrogen-bond acceptors (Lipinski definition) is 4. The molecule has 0 bridgehead atoms. The van der Waals surface area contributed by atoms with E-state index >= 15 is 0 Å². The van der Waals surface area contributed by atoms with Gasteiger partial charge in [0.2, 0.25) is 10.0 Å².